The molecule has 1 heterocycles. The Bertz CT molecular complexity index is 676. The van der Waals surface area contributed by atoms with Crippen LogP contribution in [0.4, 0.5) is 0 Å². The van der Waals surface area contributed by atoms with Crippen molar-refractivity contribution < 1.29 is 5.11 Å². The summed E-state index contributed by atoms with van der Waals surface area (Å²) in [6, 6.07) is 7.24. The van der Waals surface area contributed by atoms with Gasteiger partial charge in [0.25, 0.3) is 0 Å². The SMILES string of the molecule is CC1(C)c2cc(O)ccc2C[C@H](c2ncccn2)[C@]1(N)S.Cl. The summed E-state index contributed by atoms with van der Waals surface area (Å²) in [5.41, 5.74) is 8.37. The summed E-state index contributed by atoms with van der Waals surface area (Å²) in [5.74, 6) is 0.872. The van der Waals surface area contributed by atoms with Crippen molar-refractivity contribution in [3.63, 3.8) is 0 Å². The predicted octanol–water partition coefficient (Wildman–Crippen LogP) is 2.81. The molecule has 0 aliphatic heterocycles. The van der Waals surface area contributed by atoms with E-state index in [1.54, 1.807) is 30.6 Å². The Kier molecular flexibility index (Phi) is 4.44. The largest absolute Gasteiger partial charge is 0.508 e. The molecule has 22 heavy (non-hydrogen) atoms. The van der Waals surface area contributed by atoms with Crippen molar-refractivity contribution in [2.75, 3.05) is 0 Å². The van der Waals surface area contributed by atoms with Gasteiger partial charge in [0.05, 0.1) is 10.8 Å². The van der Waals surface area contributed by atoms with E-state index in [-0.39, 0.29) is 24.1 Å². The van der Waals surface area contributed by atoms with Gasteiger partial charge in [-0.05, 0) is 35.7 Å². The monoisotopic (exact) mass is 337 g/mol. The average Bonchev–Trinajstić information content (AvgIpc) is 2.45. The summed E-state index contributed by atoms with van der Waals surface area (Å²) >= 11 is 4.78. The lowest BCUT2D eigenvalue weighted by Crippen LogP contribution is -2.58. The number of benzene rings is 1. The molecule has 0 bridgehead atoms. The minimum absolute atomic E-state index is 0. The summed E-state index contributed by atoms with van der Waals surface area (Å²) in [4.78, 5) is 7.92. The van der Waals surface area contributed by atoms with E-state index in [2.05, 4.69) is 9.97 Å². The molecule has 0 fully saturated rings. The molecule has 2 aromatic rings. The van der Waals surface area contributed by atoms with Crippen molar-refractivity contribution >= 4 is 25.0 Å². The highest BCUT2D eigenvalue weighted by molar-refractivity contribution is 7.81. The number of hydrogen-bond donors (Lipinski definition) is 3. The number of phenolic OH excluding ortho intramolecular Hbond substituents is 1. The molecular weight excluding hydrogens is 318 g/mol. The van der Waals surface area contributed by atoms with E-state index in [0.29, 0.717) is 12.2 Å². The standard InChI is InChI=1S/C16H19N3OS.ClH/c1-15(2)12-9-11(20)5-4-10(12)8-13(16(15,17)21)14-18-6-3-7-19-14;/h3-7,9,13,20-21H,8,17H2,1-2H3;1H/t13-,16+;/m1./s1. The number of rotatable bonds is 1. The normalized spacial score (nSPS) is 25.9. The quantitative estimate of drug-likeness (QED) is 0.552. The Labute approximate surface area is 142 Å². The molecule has 0 unspecified atom stereocenters. The first-order valence-corrected chi connectivity index (χ1v) is 7.39. The Hall–Kier alpha value is -1.30. The molecule has 3 N–H and O–H groups in total. The van der Waals surface area contributed by atoms with Gasteiger partial charge in [-0.2, -0.15) is 12.6 Å². The Morgan fingerprint density at radius 1 is 1.27 bits per heavy atom. The van der Waals surface area contributed by atoms with Gasteiger partial charge in [-0.1, -0.05) is 19.9 Å². The van der Waals surface area contributed by atoms with Crippen LogP contribution in [0.5, 0.6) is 5.75 Å². The van der Waals surface area contributed by atoms with E-state index >= 15 is 0 Å². The van der Waals surface area contributed by atoms with Gasteiger partial charge in [0, 0.05) is 17.8 Å². The molecular formula is C16H20ClN3OS. The summed E-state index contributed by atoms with van der Waals surface area (Å²) in [6.07, 6.45) is 4.17. The Morgan fingerprint density at radius 3 is 2.55 bits per heavy atom. The van der Waals surface area contributed by atoms with Crippen molar-refractivity contribution in [2.45, 2.75) is 36.5 Å². The fourth-order valence-corrected chi connectivity index (χ4v) is 3.46. The molecule has 2 atom stereocenters. The molecule has 1 aliphatic rings. The van der Waals surface area contributed by atoms with Crippen LogP contribution < -0.4 is 5.73 Å². The average molecular weight is 338 g/mol. The number of hydrogen-bond acceptors (Lipinski definition) is 5. The van der Waals surface area contributed by atoms with Gasteiger partial charge >= 0.3 is 0 Å². The van der Waals surface area contributed by atoms with Crippen LogP contribution in [0.1, 0.15) is 36.7 Å². The number of thiol groups is 1. The van der Waals surface area contributed by atoms with Gasteiger partial charge in [-0.15, -0.1) is 12.4 Å². The molecule has 0 amide bonds. The van der Waals surface area contributed by atoms with Crippen molar-refractivity contribution in [3.8, 4) is 5.75 Å². The van der Waals surface area contributed by atoms with Crippen molar-refractivity contribution in [1.82, 2.24) is 9.97 Å². The number of phenols is 1. The molecule has 1 aliphatic carbocycles. The van der Waals surface area contributed by atoms with Crippen molar-refractivity contribution in [1.29, 1.82) is 0 Å². The van der Waals surface area contributed by atoms with E-state index < -0.39 is 10.3 Å². The second-order valence-corrected chi connectivity index (χ2v) is 6.90. The lowest BCUT2D eigenvalue weighted by atomic mass is 9.64. The van der Waals surface area contributed by atoms with Gasteiger partial charge in [0.1, 0.15) is 11.6 Å². The van der Waals surface area contributed by atoms with Crippen LogP contribution in [-0.2, 0) is 11.8 Å². The lowest BCUT2D eigenvalue weighted by Gasteiger charge is -2.50. The summed E-state index contributed by atoms with van der Waals surface area (Å²) < 4.78 is 0. The zero-order valence-electron chi connectivity index (χ0n) is 12.5. The molecule has 0 saturated heterocycles. The zero-order chi connectivity index (χ0) is 15.3. The first kappa shape index (κ1) is 17.1. The first-order valence-electron chi connectivity index (χ1n) is 6.94. The predicted molar refractivity (Wildman–Crippen MR) is 92.8 cm³/mol. The Balaban J connectivity index is 0.00000176. The molecule has 0 saturated carbocycles. The summed E-state index contributed by atoms with van der Waals surface area (Å²) in [5, 5.41) is 9.78. The van der Waals surface area contributed by atoms with Gasteiger partial charge < -0.3 is 10.8 Å². The molecule has 3 rings (SSSR count). The maximum Gasteiger partial charge on any atom is 0.134 e. The second kappa shape index (κ2) is 5.72. The van der Waals surface area contributed by atoms with Gasteiger partial charge in [-0.3, -0.25) is 0 Å². The third-order valence-electron chi connectivity index (χ3n) is 4.62. The summed E-state index contributed by atoms with van der Waals surface area (Å²) in [7, 11) is 0. The topological polar surface area (TPSA) is 72.0 Å². The number of aromatic hydroxyl groups is 1. The molecule has 118 valence electrons. The van der Waals surface area contributed by atoms with Gasteiger partial charge in [-0.25, -0.2) is 9.97 Å². The van der Waals surface area contributed by atoms with Crippen LogP contribution in [-0.4, -0.2) is 19.9 Å². The van der Waals surface area contributed by atoms with Crippen molar-refractivity contribution in [3.05, 3.63) is 53.6 Å². The van der Waals surface area contributed by atoms with E-state index in [0.717, 1.165) is 11.1 Å². The van der Waals surface area contributed by atoms with Gasteiger partial charge in [0.15, 0.2) is 0 Å². The highest BCUT2D eigenvalue weighted by Gasteiger charge is 2.51. The second-order valence-electron chi connectivity index (χ2n) is 6.16. The van der Waals surface area contributed by atoms with Gasteiger partial charge in [0.2, 0.25) is 0 Å². The third kappa shape index (κ3) is 2.47. The van der Waals surface area contributed by atoms with Crippen LogP contribution in [0.15, 0.2) is 36.7 Å². The molecule has 0 radical (unpaired) electrons. The maximum atomic E-state index is 9.78. The highest BCUT2D eigenvalue weighted by Crippen LogP contribution is 2.51. The fraction of sp³-hybridized carbons (Fsp3) is 0.375. The number of halogens is 1. The van der Waals surface area contributed by atoms with E-state index in [1.165, 1.54) is 0 Å². The molecule has 6 heteroatoms. The third-order valence-corrected chi connectivity index (χ3v) is 5.49. The summed E-state index contributed by atoms with van der Waals surface area (Å²) in [6.45, 7) is 4.10. The molecule has 1 aromatic heterocycles. The minimum atomic E-state index is -0.810. The van der Waals surface area contributed by atoms with Crippen LogP contribution >= 0.6 is 25.0 Å². The molecule has 0 spiro atoms. The number of nitrogens with two attached hydrogens (primary N) is 1. The lowest BCUT2D eigenvalue weighted by molar-refractivity contribution is 0.284. The van der Waals surface area contributed by atoms with Crippen molar-refractivity contribution in [2.24, 2.45) is 5.73 Å². The van der Waals surface area contributed by atoms with E-state index in [1.807, 2.05) is 19.9 Å². The van der Waals surface area contributed by atoms with Crippen LogP contribution in [0.2, 0.25) is 0 Å². The fourth-order valence-electron chi connectivity index (χ4n) is 3.13. The first-order chi connectivity index (χ1) is 9.84. The number of nitrogens with zero attached hydrogens (tertiary/aromatic N) is 2. The van der Waals surface area contributed by atoms with Crippen LogP contribution in [0.25, 0.3) is 0 Å². The smallest absolute Gasteiger partial charge is 0.134 e. The highest BCUT2D eigenvalue weighted by atomic mass is 35.5. The molecule has 1 aromatic carbocycles. The Morgan fingerprint density at radius 2 is 1.91 bits per heavy atom. The number of aromatic nitrogens is 2. The van der Waals surface area contributed by atoms with E-state index in [9.17, 15) is 5.11 Å². The number of fused-ring (bicyclic) bond motifs is 1. The van der Waals surface area contributed by atoms with Crippen LogP contribution in [0, 0.1) is 0 Å². The zero-order valence-corrected chi connectivity index (χ0v) is 14.2. The minimum Gasteiger partial charge on any atom is -0.508 e. The van der Waals surface area contributed by atoms with E-state index in [4.69, 9.17) is 18.4 Å². The molecule has 4 nitrogen and oxygen atoms in total. The maximum absolute atomic E-state index is 9.78. The van der Waals surface area contributed by atoms with Crippen LogP contribution in [0.3, 0.4) is 0 Å².